The molecule has 1 aliphatic rings. The third-order valence-electron chi connectivity index (χ3n) is 3.48. The molecule has 1 aromatic heterocycles. The molecule has 1 saturated heterocycles. The Hall–Kier alpha value is -1.72. The Morgan fingerprint density at radius 3 is 2.86 bits per heavy atom. The summed E-state index contributed by atoms with van der Waals surface area (Å²) in [5.41, 5.74) is 1.69. The molecule has 1 aliphatic heterocycles. The second kappa shape index (κ2) is 6.37. The first-order chi connectivity index (χ1) is 10.2. The molecule has 1 fully saturated rings. The van der Waals surface area contributed by atoms with Crippen LogP contribution >= 0.6 is 15.9 Å². The minimum atomic E-state index is -0.0657. The monoisotopic (exact) mass is 346 g/mol. The molecule has 0 bridgehead atoms. The number of aromatic nitrogens is 1. The van der Waals surface area contributed by atoms with Crippen LogP contribution in [-0.4, -0.2) is 35.5 Å². The molecule has 1 amide bonds. The Kier molecular flexibility index (Phi) is 4.31. The Bertz CT molecular complexity index is 633. The van der Waals surface area contributed by atoms with E-state index in [0.717, 1.165) is 10.0 Å². The van der Waals surface area contributed by atoms with Gasteiger partial charge >= 0.3 is 0 Å². The first kappa shape index (κ1) is 14.2. The van der Waals surface area contributed by atoms with Crippen LogP contribution in [-0.2, 0) is 4.74 Å². The number of pyridine rings is 1. The van der Waals surface area contributed by atoms with Crippen LogP contribution in [0.1, 0.15) is 22.0 Å². The predicted molar refractivity (Wildman–Crippen MR) is 83.0 cm³/mol. The highest BCUT2D eigenvalue weighted by Gasteiger charge is 2.26. The summed E-state index contributed by atoms with van der Waals surface area (Å²) < 4.78 is 6.59. The van der Waals surface area contributed by atoms with Crippen molar-refractivity contribution in [2.75, 3.05) is 19.7 Å². The molecule has 3 rings (SSSR count). The van der Waals surface area contributed by atoms with Crippen molar-refractivity contribution in [2.45, 2.75) is 6.10 Å². The summed E-state index contributed by atoms with van der Waals surface area (Å²) in [6.45, 7) is 1.72. The third-order valence-corrected chi connectivity index (χ3v) is 3.91. The lowest BCUT2D eigenvalue weighted by Crippen LogP contribution is -2.42. The Labute approximate surface area is 131 Å². The number of benzene rings is 1. The van der Waals surface area contributed by atoms with E-state index >= 15 is 0 Å². The number of amides is 1. The third kappa shape index (κ3) is 3.31. The number of morpholine rings is 1. The summed E-state index contributed by atoms with van der Waals surface area (Å²) in [6.07, 6.45) is 3.20. The number of hydrogen-bond acceptors (Lipinski definition) is 3. The van der Waals surface area contributed by atoms with Crippen LogP contribution < -0.4 is 0 Å². The second-order valence-electron chi connectivity index (χ2n) is 4.91. The van der Waals surface area contributed by atoms with E-state index in [1.807, 2.05) is 35.2 Å². The van der Waals surface area contributed by atoms with E-state index in [4.69, 9.17) is 4.74 Å². The first-order valence-electron chi connectivity index (χ1n) is 6.80. The van der Waals surface area contributed by atoms with Gasteiger partial charge in [0.2, 0.25) is 0 Å². The molecule has 21 heavy (non-hydrogen) atoms. The van der Waals surface area contributed by atoms with E-state index in [1.54, 1.807) is 18.5 Å². The van der Waals surface area contributed by atoms with Crippen molar-refractivity contribution in [3.8, 4) is 0 Å². The molecule has 0 N–H and O–H groups in total. The maximum atomic E-state index is 12.5. The van der Waals surface area contributed by atoms with Crippen LogP contribution in [0.25, 0.3) is 0 Å². The lowest BCUT2D eigenvalue weighted by atomic mass is 10.1. The number of ether oxygens (including phenoxy) is 1. The lowest BCUT2D eigenvalue weighted by Gasteiger charge is -2.33. The minimum absolute atomic E-state index is 0.00645. The molecule has 2 heterocycles. The van der Waals surface area contributed by atoms with Crippen LogP contribution in [0.5, 0.6) is 0 Å². The number of nitrogens with zero attached hydrogens (tertiary/aromatic N) is 2. The van der Waals surface area contributed by atoms with Crippen LogP contribution in [0, 0.1) is 0 Å². The highest BCUT2D eigenvalue weighted by atomic mass is 79.9. The van der Waals surface area contributed by atoms with E-state index in [-0.39, 0.29) is 12.0 Å². The molecular formula is C16H15BrN2O2. The number of hydrogen-bond donors (Lipinski definition) is 0. The zero-order chi connectivity index (χ0) is 14.7. The molecule has 5 heteroatoms. The molecule has 0 saturated carbocycles. The average Bonchev–Trinajstić information content (AvgIpc) is 2.55. The summed E-state index contributed by atoms with van der Waals surface area (Å²) in [7, 11) is 0. The maximum Gasteiger partial charge on any atom is 0.255 e. The smallest absolute Gasteiger partial charge is 0.255 e. The molecule has 0 radical (unpaired) electrons. The van der Waals surface area contributed by atoms with Gasteiger partial charge in [0.1, 0.15) is 6.10 Å². The topological polar surface area (TPSA) is 42.4 Å². The molecule has 108 valence electrons. The lowest BCUT2D eigenvalue weighted by molar-refractivity contribution is -0.0228. The van der Waals surface area contributed by atoms with Crippen molar-refractivity contribution in [1.82, 2.24) is 9.88 Å². The molecule has 1 aromatic carbocycles. The fourth-order valence-electron chi connectivity index (χ4n) is 2.41. The zero-order valence-corrected chi connectivity index (χ0v) is 13.0. The maximum absolute atomic E-state index is 12.5. The largest absolute Gasteiger partial charge is 0.370 e. The Balaban J connectivity index is 1.75. The molecule has 2 aromatic rings. The van der Waals surface area contributed by atoms with Gasteiger partial charge in [0, 0.05) is 23.4 Å². The Morgan fingerprint density at radius 2 is 2.10 bits per heavy atom. The van der Waals surface area contributed by atoms with E-state index in [2.05, 4.69) is 20.9 Å². The van der Waals surface area contributed by atoms with Crippen LogP contribution in [0.2, 0.25) is 0 Å². The number of carbonyl (C=O) groups excluding carboxylic acids is 1. The quantitative estimate of drug-likeness (QED) is 0.839. The molecule has 1 atom stereocenters. The van der Waals surface area contributed by atoms with E-state index < -0.39 is 0 Å². The molecular weight excluding hydrogens is 332 g/mol. The number of halogens is 1. The predicted octanol–water partition coefficient (Wildman–Crippen LogP) is 3.06. The van der Waals surface area contributed by atoms with E-state index in [9.17, 15) is 4.79 Å². The summed E-state index contributed by atoms with van der Waals surface area (Å²) in [6, 6.07) is 11.8. The van der Waals surface area contributed by atoms with Crippen molar-refractivity contribution >= 4 is 21.8 Å². The summed E-state index contributed by atoms with van der Waals surface area (Å²) in [5, 5.41) is 0. The highest BCUT2D eigenvalue weighted by molar-refractivity contribution is 9.10. The van der Waals surface area contributed by atoms with Gasteiger partial charge in [-0.05, 0) is 27.6 Å². The average molecular weight is 347 g/mol. The van der Waals surface area contributed by atoms with Gasteiger partial charge in [-0.15, -0.1) is 0 Å². The highest BCUT2D eigenvalue weighted by Crippen LogP contribution is 2.23. The van der Waals surface area contributed by atoms with Crippen LogP contribution in [0.15, 0.2) is 53.3 Å². The van der Waals surface area contributed by atoms with Crippen molar-refractivity contribution in [1.29, 1.82) is 0 Å². The van der Waals surface area contributed by atoms with Crippen LogP contribution in [0.4, 0.5) is 0 Å². The number of carbonyl (C=O) groups is 1. The standard InChI is InChI=1S/C16H15BrN2O2/c17-14-8-13(9-18-10-14)16(20)19-6-7-21-15(11-19)12-4-2-1-3-5-12/h1-5,8-10,15H,6-7,11H2. The van der Waals surface area contributed by atoms with Gasteiger partial charge in [-0.1, -0.05) is 30.3 Å². The van der Waals surface area contributed by atoms with Crippen molar-refractivity contribution in [2.24, 2.45) is 0 Å². The van der Waals surface area contributed by atoms with Gasteiger partial charge in [-0.25, -0.2) is 0 Å². The van der Waals surface area contributed by atoms with Gasteiger partial charge in [0.25, 0.3) is 5.91 Å². The fourth-order valence-corrected chi connectivity index (χ4v) is 2.78. The fraction of sp³-hybridized carbons (Fsp3) is 0.250. The molecule has 1 unspecified atom stereocenters. The first-order valence-corrected chi connectivity index (χ1v) is 7.60. The normalized spacial score (nSPS) is 18.5. The second-order valence-corrected chi connectivity index (χ2v) is 5.83. The SMILES string of the molecule is O=C(c1cncc(Br)c1)N1CCOC(c2ccccc2)C1. The van der Waals surface area contributed by atoms with Gasteiger partial charge < -0.3 is 9.64 Å². The van der Waals surface area contributed by atoms with Gasteiger partial charge in [-0.3, -0.25) is 9.78 Å². The van der Waals surface area contributed by atoms with E-state index in [1.165, 1.54) is 0 Å². The van der Waals surface area contributed by atoms with Crippen molar-refractivity contribution in [3.05, 3.63) is 64.4 Å². The minimum Gasteiger partial charge on any atom is -0.370 e. The van der Waals surface area contributed by atoms with Gasteiger partial charge in [0.05, 0.1) is 18.7 Å². The molecule has 4 nitrogen and oxygen atoms in total. The van der Waals surface area contributed by atoms with Gasteiger partial charge in [0.15, 0.2) is 0 Å². The Morgan fingerprint density at radius 1 is 1.29 bits per heavy atom. The molecule has 0 aliphatic carbocycles. The summed E-state index contributed by atoms with van der Waals surface area (Å²) in [4.78, 5) is 18.4. The van der Waals surface area contributed by atoms with E-state index in [0.29, 0.717) is 25.3 Å². The number of rotatable bonds is 2. The summed E-state index contributed by atoms with van der Waals surface area (Å²) >= 11 is 3.35. The van der Waals surface area contributed by atoms with Gasteiger partial charge in [-0.2, -0.15) is 0 Å². The summed E-state index contributed by atoms with van der Waals surface area (Å²) in [5.74, 6) is -0.00645. The van der Waals surface area contributed by atoms with Crippen LogP contribution in [0.3, 0.4) is 0 Å². The van der Waals surface area contributed by atoms with Crippen molar-refractivity contribution < 1.29 is 9.53 Å². The molecule has 0 spiro atoms. The van der Waals surface area contributed by atoms with Crippen molar-refractivity contribution in [3.63, 3.8) is 0 Å². The zero-order valence-electron chi connectivity index (χ0n) is 11.4.